The monoisotopic (exact) mass is 292 g/mol. The second kappa shape index (κ2) is 5.02. The zero-order valence-corrected chi connectivity index (χ0v) is 12.6. The fraction of sp³-hybridized carbons (Fsp3) is 0.111. The molecule has 0 spiro atoms. The van der Waals surface area contributed by atoms with Gasteiger partial charge in [0.2, 0.25) is 0 Å². The third kappa shape index (κ3) is 2.06. The van der Waals surface area contributed by atoms with Gasteiger partial charge in [-0.2, -0.15) is 0 Å². The van der Waals surface area contributed by atoms with Gasteiger partial charge in [0.25, 0.3) is 0 Å². The molecule has 0 fully saturated rings. The van der Waals surface area contributed by atoms with Gasteiger partial charge >= 0.3 is 0 Å². The van der Waals surface area contributed by atoms with Crippen LogP contribution < -0.4 is 5.32 Å². The van der Waals surface area contributed by atoms with Gasteiger partial charge < -0.3 is 10.3 Å². The molecule has 1 atom stereocenters. The maximum atomic E-state index is 3.48. The lowest BCUT2D eigenvalue weighted by Crippen LogP contribution is -2.16. The number of nitrogens with one attached hydrogen (secondary N) is 2. The third-order valence-electron chi connectivity index (χ3n) is 3.98. The van der Waals surface area contributed by atoms with Gasteiger partial charge in [-0.15, -0.1) is 11.3 Å². The molecule has 0 aliphatic heterocycles. The first kappa shape index (κ1) is 12.6. The Kier molecular flexibility index (Phi) is 3.02. The number of rotatable bonds is 3. The minimum atomic E-state index is 0.253. The van der Waals surface area contributed by atoms with E-state index in [0.29, 0.717) is 0 Å². The molecule has 0 radical (unpaired) electrons. The van der Waals surface area contributed by atoms with Crippen LogP contribution >= 0.6 is 11.3 Å². The van der Waals surface area contributed by atoms with Crippen LogP contribution in [-0.2, 0) is 0 Å². The number of hydrogen-bond donors (Lipinski definition) is 2. The van der Waals surface area contributed by atoms with Crippen LogP contribution in [0.1, 0.15) is 16.5 Å². The fourth-order valence-electron chi connectivity index (χ4n) is 2.97. The second-order valence-corrected chi connectivity index (χ2v) is 6.19. The summed E-state index contributed by atoms with van der Waals surface area (Å²) < 4.78 is 0. The van der Waals surface area contributed by atoms with Gasteiger partial charge in [-0.3, -0.25) is 0 Å². The first-order chi connectivity index (χ1) is 10.4. The van der Waals surface area contributed by atoms with Crippen molar-refractivity contribution in [3.63, 3.8) is 0 Å². The van der Waals surface area contributed by atoms with Gasteiger partial charge in [0.15, 0.2) is 0 Å². The number of benzene rings is 2. The van der Waals surface area contributed by atoms with Crippen LogP contribution in [0.3, 0.4) is 0 Å². The van der Waals surface area contributed by atoms with E-state index >= 15 is 0 Å². The van der Waals surface area contributed by atoms with E-state index in [9.17, 15) is 0 Å². The van der Waals surface area contributed by atoms with Crippen LogP contribution in [0.2, 0.25) is 0 Å². The molecule has 1 unspecified atom stereocenters. The Morgan fingerprint density at radius 1 is 0.952 bits per heavy atom. The Morgan fingerprint density at radius 2 is 1.81 bits per heavy atom. The zero-order chi connectivity index (χ0) is 14.2. The normalized spacial score (nSPS) is 13.0. The van der Waals surface area contributed by atoms with E-state index in [0.717, 1.165) is 0 Å². The molecule has 4 rings (SSSR count). The number of aromatic nitrogens is 1. The molecule has 2 aromatic heterocycles. The number of H-pyrrole nitrogens is 1. The first-order valence-corrected chi connectivity index (χ1v) is 7.96. The molecule has 4 aromatic rings. The molecule has 2 aromatic carbocycles. The molecule has 2 nitrogen and oxygen atoms in total. The molecule has 3 heteroatoms. The van der Waals surface area contributed by atoms with Crippen molar-refractivity contribution in [3.8, 4) is 0 Å². The molecule has 0 amide bonds. The van der Waals surface area contributed by atoms with Crippen LogP contribution in [0.4, 0.5) is 0 Å². The summed E-state index contributed by atoms with van der Waals surface area (Å²) >= 11 is 1.79. The fourth-order valence-corrected chi connectivity index (χ4v) is 3.84. The average Bonchev–Trinajstić information content (AvgIpc) is 3.15. The van der Waals surface area contributed by atoms with Gasteiger partial charge in [-0.05, 0) is 42.3 Å². The number of hydrogen-bond acceptors (Lipinski definition) is 2. The highest BCUT2D eigenvalue weighted by Crippen LogP contribution is 2.31. The topological polar surface area (TPSA) is 27.8 Å². The lowest BCUT2D eigenvalue weighted by atomic mass is 10.0. The van der Waals surface area contributed by atoms with Gasteiger partial charge in [0.1, 0.15) is 0 Å². The molecule has 0 aliphatic rings. The van der Waals surface area contributed by atoms with Crippen molar-refractivity contribution in [2.75, 3.05) is 7.05 Å². The minimum Gasteiger partial charge on any atom is -0.355 e. The number of aromatic amines is 1. The second-order valence-electron chi connectivity index (χ2n) is 5.21. The van der Waals surface area contributed by atoms with Gasteiger partial charge in [-0.1, -0.05) is 30.3 Å². The SMILES string of the molecule is CNC(c1ccc2[nH]c3ccccc3c2c1)c1cccs1. The molecular weight excluding hydrogens is 276 g/mol. The summed E-state index contributed by atoms with van der Waals surface area (Å²) in [6.45, 7) is 0. The molecule has 0 bridgehead atoms. The van der Waals surface area contributed by atoms with E-state index in [1.165, 1.54) is 32.2 Å². The van der Waals surface area contributed by atoms with Crippen LogP contribution in [0, 0.1) is 0 Å². The van der Waals surface area contributed by atoms with Crippen molar-refractivity contribution in [2.24, 2.45) is 0 Å². The van der Waals surface area contributed by atoms with E-state index < -0.39 is 0 Å². The largest absolute Gasteiger partial charge is 0.355 e. The van der Waals surface area contributed by atoms with Gasteiger partial charge in [0, 0.05) is 26.7 Å². The van der Waals surface area contributed by atoms with E-state index in [4.69, 9.17) is 0 Å². The molecular formula is C18H16N2S. The summed E-state index contributed by atoms with van der Waals surface area (Å²) in [5, 5.41) is 8.13. The molecule has 0 saturated heterocycles. The van der Waals surface area contributed by atoms with Crippen LogP contribution in [-0.4, -0.2) is 12.0 Å². The Hall–Kier alpha value is -2.10. The van der Waals surface area contributed by atoms with Crippen molar-refractivity contribution < 1.29 is 0 Å². The van der Waals surface area contributed by atoms with Crippen LogP contribution in [0.5, 0.6) is 0 Å². The number of para-hydroxylation sites is 1. The first-order valence-electron chi connectivity index (χ1n) is 7.08. The third-order valence-corrected chi connectivity index (χ3v) is 4.92. The lowest BCUT2D eigenvalue weighted by Gasteiger charge is -2.15. The van der Waals surface area contributed by atoms with Crippen molar-refractivity contribution >= 4 is 33.1 Å². The van der Waals surface area contributed by atoms with Crippen molar-refractivity contribution in [1.29, 1.82) is 0 Å². The minimum absolute atomic E-state index is 0.253. The smallest absolute Gasteiger partial charge is 0.0668 e. The van der Waals surface area contributed by atoms with E-state index in [1.807, 2.05) is 7.05 Å². The maximum Gasteiger partial charge on any atom is 0.0668 e. The predicted octanol–water partition coefficient (Wildman–Crippen LogP) is 4.69. The lowest BCUT2D eigenvalue weighted by molar-refractivity contribution is 0.705. The highest BCUT2D eigenvalue weighted by Gasteiger charge is 2.14. The van der Waals surface area contributed by atoms with Gasteiger partial charge in [0.05, 0.1) is 6.04 Å². The van der Waals surface area contributed by atoms with Crippen LogP contribution in [0.15, 0.2) is 60.0 Å². The molecule has 0 aliphatic carbocycles. The van der Waals surface area contributed by atoms with Crippen molar-refractivity contribution in [2.45, 2.75) is 6.04 Å². The summed E-state index contributed by atoms with van der Waals surface area (Å²) in [6.07, 6.45) is 0. The number of thiophene rings is 1. The summed E-state index contributed by atoms with van der Waals surface area (Å²) in [7, 11) is 2.02. The molecule has 2 heterocycles. The average molecular weight is 292 g/mol. The number of fused-ring (bicyclic) bond motifs is 3. The zero-order valence-electron chi connectivity index (χ0n) is 11.8. The van der Waals surface area contributed by atoms with E-state index in [-0.39, 0.29) is 6.04 Å². The summed E-state index contributed by atoms with van der Waals surface area (Å²) in [6, 6.07) is 19.7. The standard InChI is InChI=1S/C18H16N2S/c1-19-18(17-7-4-10-21-17)12-8-9-16-14(11-12)13-5-2-3-6-15(13)20-16/h2-11,18-20H,1H3. The highest BCUT2D eigenvalue weighted by atomic mass is 32.1. The Balaban J connectivity index is 1.91. The molecule has 2 N–H and O–H groups in total. The maximum absolute atomic E-state index is 3.48. The Labute approximate surface area is 127 Å². The highest BCUT2D eigenvalue weighted by molar-refractivity contribution is 7.10. The molecule has 104 valence electrons. The molecule has 0 saturated carbocycles. The summed E-state index contributed by atoms with van der Waals surface area (Å²) in [5.41, 5.74) is 3.69. The Bertz CT molecular complexity index is 890. The Morgan fingerprint density at radius 3 is 2.62 bits per heavy atom. The molecule has 21 heavy (non-hydrogen) atoms. The van der Waals surface area contributed by atoms with Crippen molar-refractivity contribution in [3.05, 3.63) is 70.4 Å². The van der Waals surface area contributed by atoms with Crippen molar-refractivity contribution in [1.82, 2.24) is 10.3 Å². The quantitative estimate of drug-likeness (QED) is 0.563. The van der Waals surface area contributed by atoms with Crippen LogP contribution in [0.25, 0.3) is 21.8 Å². The van der Waals surface area contributed by atoms with Gasteiger partial charge in [-0.25, -0.2) is 0 Å². The van der Waals surface area contributed by atoms with E-state index in [1.54, 1.807) is 11.3 Å². The summed E-state index contributed by atoms with van der Waals surface area (Å²) in [5.74, 6) is 0. The predicted molar refractivity (Wildman–Crippen MR) is 91.0 cm³/mol. The summed E-state index contributed by atoms with van der Waals surface area (Å²) in [4.78, 5) is 4.82. The van der Waals surface area contributed by atoms with E-state index in [2.05, 4.69) is 70.3 Å².